The van der Waals surface area contributed by atoms with E-state index < -0.39 is 0 Å². The van der Waals surface area contributed by atoms with E-state index >= 15 is 0 Å². The normalized spacial score (nSPS) is 10.0. The maximum absolute atomic E-state index is 11.9. The van der Waals surface area contributed by atoms with E-state index in [2.05, 4.69) is 22.5 Å². The van der Waals surface area contributed by atoms with Gasteiger partial charge in [-0.15, -0.1) is 0 Å². The molecule has 0 aliphatic carbocycles. The zero-order valence-corrected chi connectivity index (χ0v) is 10.6. The number of amides is 1. The fourth-order valence-electron chi connectivity index (χ4n) is 1.57. The van der Waals surface area contributed by atoms with Crippen molar-refractivity contribution in [1.82, 2.24) is 10.3 Å². The molecule has 2 N–H and O–H groups in total. The van der Waals surface area contributed by atoms with Crippen LogP contribution in [0.1, 0.15) is 43.5 Å². The Hall–Kier alpha value is -1.58. The molecule has 0 radical (unpaired) electrons. The van der Waals surface area contributed by atoms with Gasteiger partial charge in [0.1, 0.15) is 5.82 Å². The summed E-state index contributed by atoms with van der Waals surface area (Å²) in [7, 11) is 0. The molecule has 0 unspecified atom stereocenters. The number of nitrogens with zero attached hydrogens (tertiary/aromatic N) is 1. The Morgan fingerprint density at radius 2 is 2.18 bits per heavy atom. The van der Waals surface area contributed by atoms with Crippen LogP contribution in [0.15, 0.2) is 18.3 Å². The lowest BCUT2D eigenvalue weighted by atomic mass is 10.2. The van der Waals surface area contributed by atoms with Gasteiger partial charge in [0.15, 0.2) is 0 Å². The van der Waals surface area contributed by atoms with Crippen LogP contribution in [0.2, 0.25) is 0 Å². The molecule has 0 aliphatic rings. The Balaban J connectivity index is 2.55. The van der Waals surface area contributed by atoms with E-state index in [-0.39, 0.29) is 5.91 Å². The van der Waals surface area contributed by atoms with Crippen molar-refractivity contribution < 1.29 is 4.79 Å². The van der Waals surface area contributed by atoms with Gasteiger partial charge in [0.25, 0.3) is 5.91 Å². The SMILES string of the molecule is CCCCCNC(=O)c1cccnc1NCC. The van der Waals surface area contributed by atoms with Crippen molar-refractivity contribution >= 4 is 11.7 Å². The highest BCUT2D eigenvalue weighted by Gasteiger charge is 2.10. The van der Waals surface area contributed by atoms with Crippen molar-refractivity contribution in [2.24, 2.45) is 0 Å². The second-order valence-electron chi connectivity index (χ2n) is 3.89. The van der Waals surface area contributed by atoms with Crippen LogP contribution in [0.3, 0.4) is 0 Å². The highest BCUT2D eigenvalue weighted by atomic mass is 16.1. The first-order valence-corrected chi connectivity index (χ1v) is 6.26. The lowest BCUT2D eigenvalue weighted by Gasteiger charge is -2.09. The van der Waals surface area contributed by atoms with Gasteiger partial charge in [-0.2, -0.15) is 0 Å². The smallest absolute Gasteiger partial charge is 0.255 e. The summed E-state index contributed by atoms with van der Waals surface area (Å²) in [6, 6.07) is 3.57. The van der Waals surface area contributed by atoms with E-state index in [0.29, 0.717) is 11.4 Å². The van der Waals surface area contributed by atoms with Crippen molar-refractivity contribution in [1.29, 1.82) is 0 Å². The van der Waals surface area contributed by atoms with Crippen LogP contribution in [0.5, 0.6) is 0 Å². The van der Waals surface area contributed by atoms with Crippen LogP contribution in [0.25, 0.3) is 0 Å². The standard InChI is InChI=1S/C13H21N3O/c1-3-5-6-9-16-13(17)11-8-7-10-15-12(11)14-4-2/h7-8,10H,3-6,9H2,1-2H3,(H,14,15)(H,16,17). The molecule has 1 aromatic heterocycles. The molecule has 0 fully saturated rings. The molecule has 0 spiro atoms. The summed E-state index contributed by atoms with van der Waals surface area (Å²) in [4.78, 5) is 16.1. The fourth-order valence-corrected chi connectivity index (χ4v) is 1.57. The Kier molecular flexibility index (Phi) is 6.07. The Bertz CT molecular complexity index is 352. The third-order valence-corrected chi connectivity index (χ3v) is 2.46. The molecule has 1 rings (SSSR count). The van der Waals surface area contributed by atoms with Gasteiger partial charge in [-0.1, -0.05) is 19.8 Å². The van der Waals surface area contributed by atoms with Crippen LogP contribution in [0.4, 0.5) is 5.82 Å². The highest BCUT2D eigenvalue weighted by Crippen LogP contribution is 2.10. The predicted molar refractivity (Wildman–Crippen MR) is 70.3 cm³/mol. The summed E-state index contributed by atoms with van der Waals surface area (Å²) >= 11 is 0. The molecule has 1 aromatic rings. The molecule has 17 heavy (non-hydrogen) atoms. The molecule has 94 valence electrons. The molecule has 1 heterocycles. The summed E-state index contributed by atoms with van der Waals surface area (Å²) in [5.74, 6) is 0.605. The monoisotopic (exact) mass is 235 g/mol. The van der Waals surface area contributed by atoms with Crippen molar-refractivity contribution in [3.63, 3.8) is 0 Å². The average molecular weight is 235 g/mol. The van der Waals surface area contributed by atoms with E-state index in [1.807, 2.05) is 6.92 Å². The summed E-state index contributed by atoms with van der Waals surface area (Å²) < 4.78 is 0. The van der Waals surface area contributed by atoms with Gasteiger partial charge in [-0.05, 0) is 25.5 Å². The maximum Gasteiger partial charge on any atom is 0.255 e. The van der Waals surface area contributed by atoms with Crippen LogP contribution >= 0.6 is 0 Å². The molecule has 1 amide bonds. The number of rotatable bonds is 7. The summed E-state index contributed by atoms with van der Waals surface area (Å²) in [6.07, 6.45) is 5.02. The number of anilines is 1. The molecular formula is C13H21N3O. The first-order valence-electron chi connectivity index (χ1n) is 6.26. The quantitative estimate of drug-likeness (QED) is 0.714. The van der Waals surface area contributed by atoms with Gasteiger partial charge in [-0.3, -0.25) is 4.79 Å². The van der Waals surface area contributed by atoms with Crippen molar-refractivity contribution in [3.8, 4) is 0 Å². The Labute approximate surface area is 103 Å². The minimum atomic E-state index is -0.0508. The zero-order chi connectivity index (χ0) is 12.5. The van der Waals surface area contributed by atoms with E-state index in [0.717, 1.165) is 32.4 Å². The van der Waals surface area contributed by atoms with E-state index in [4.69, 9.17) is 0 Å². The number of nitrogens with one attached hydrogen (secondary N) is 2. The molecule has 0 saturated carbocycles. The lowest BCUT2D eigenvalue weighted by Crippen LogP contribution is -2.25. The van der Waals surface area contributed by atoms with Crippen molar-refractivity contribution in [3.05, 3.63) is 23.9 Å². The van der Waals surface area contributed by atoms with E-state index in [1.165, 1.54) is 0 Å². The number of unbranched alkanes of at least 4 members (excludes halogenated alkanes) is 2. The number of hydrogen-bond donors (Lipinski definition) is 2. The fraction of sp³-hybridized carbons (Fsp3) is 0.538. The van der Waals surface area contributed by atoms with Gasteiger partial charge in [-0.25, -0.2) is 4.98 Å². The third-order valence-electron chi connectivity index (χ3n) is 2.46. The molecule has 4 heteroatoms. The first-order chi connectivity index (χ1) is 8.29. The summed E-state index contributed by atoms with van der Waals surface area (Å²) in [6.45, 7) is 5.62. The van der Waals surface area contributed by atoms with Crippen molar-refractivity contribution in [2.45, 2.75) is 33.1 Å². The van der Waals surface area contributed by atoms with Crippen LogP contribution < -0.4 is 10.6 Å². The Morgan fingerprint density at radius 1 is 1.35 bits per heavy atom. The van der Waals surface area contributed by atoms with Gasteiger partial charge in [0.05, 0.1) is 5.56 Å². The number of pyridine rings is 1. The Morgan fingerprint density at radius 3 is 2.88 bits per heavy atom. The molecule has 4 nitrogen and oxygen atoms in total. The largest absolute Gasteiger partial charge is 0.370 e. The number of carbonyl (C=O) groups is 1. The molecule has 0 aromatic carbocycles. The summed E-state index contributed by atoms with van der Waals surface area (Å²) in [5.41, 5.74) is 0.617. The van der Waals surface area contributed by atoms with Crippen LogP contribution in [0, 0.1) is 0 Å². The number of carbonyl (C=O) groups excluding carboxylic acids is 1. The molecule has 0 bridgehead atoms. The minimum Gasteiger partial charge on any atom is -0.370 e. The summed E-state index contributed by atoms with van der Waals surface area (Å²) in [5, 5.41) is 6.00. The maximum atomic E-state index is 11.9. The molecular weight excluding hydrogens is 214 g/mol. The zero-order valence-electron chi connectivity index (χ0n) is 10.6. The number of hydrogen-bond acceptors (Lipinski definition) is 3. The molecule has 0 atom stereocenters. The van der Waals surface area contributed by atoms with Crippen molar-refractivity contribution in [2.75, 3.05) is 18.4 Å². The second kappa shape index (κ2) is 7.65. The topological polar surface area (TPSA) is 54.0 Å². The van der Waals surface area contributed by atoms with Gasteiger partial charge in [0, 0.05) is 19.3 Å². The first kappa shape index (κ1) is 13.5. The molecule has 0 aliphatic heterocycles. The van der Waals surface area contributed by atoms with Crippen LogP contribution in [-0.4, -0.2) is 24.0 Å². The third kappa shape index (κ3) is 4.43. The predicted octanol–water partition coefficient (Wildman–Crippen LogP) is 2.43. The van der Waals surface area contributed by atoms with E-state index in [9.17, 15) is 4.79 Å². The average Bonchev–Trinajstić information content (AvgIpc) is 2.35. The lowest BCUT2D eigenvalue weighted by molar-refractivity contribution is 0.0953. The second-order valence-corrected chi connectivity index (χ2v) is 3.89. The number of aromatic nitrogens is 1. The van der Waals surface area contributed by atoms with Gasteiger partial charge < -0.3 is 10.6 Å². The minimum absolute atomic E-state index is 0.0508. The van der Waals surface area contributed by atoms with Gasteiger partial charge >= 0.3 is 0 Å². The molecule has 0 saturated heterocycles. The van der Waals surface area contributed by atoms with Gasteiger partial charge in [0.2, 0.25) is 0 Å². The highest BCUT2D eigenvalue weighted by molar-refractivity contribution is 5.98. The van der Waals surface area contributed by atoms with E-state index in [1.54, 1.807) is 18.3 Å². The van der Waals surface area contributed by atoms with Crippen LogP contribution in [-0.2, 0) is 0 Å².